The summed E-state index contributed by atoms with van der Waals surface area (Å²) in [6.07, 6.45) is 2.49. The monoisotopic (exact) mass is 241 g/mol. The summed E-state index contributed by atoms with van der Waals surface area (Å²) in [5.74, 6) is 0.843. The van der Waals surface area contributed by atoms with Crippen LogP contribution >= 0.6 is 0 Å². The first kappa shape index (κ1) is 12.4. The third kappa shape index (κ3) is 3.72. The zero-order valence-electron chi connectivity index (χ0n) is 10.3. The van der Waals surface area contributed by atoms with Gasteiger partial charge in [0.05, 0.1) is 19.7 Å². The molecule has 1 fully saturated rings. The second kappa shape index (κ2) is 6.04. The number of hydrogen-bond donors (Lipinski definition) is 1. The lowest BCUT2D eigenvalue weighted by molar-refractivity contribution is 0.0155. The highest BCUT2D eigenvalue weighted by Gasteiger charge is 2.21. The molecule has 1 aliphatic rings. The van der Waals surface area contributed by atoms with Gasteiger partial charge in [0.1, 0.15) is 6.10 Å². The van der Waals surface area contributed by atoms with Crippen molar-refractivity contribution in [2.75, 3.05) is 20.8 Å². The molecule has 0 amide bonds. The summed E-state index contributed by atoms with van der Waals surface area (Å²) in [7, 11) is 3.32. The molecule has 1 atom stereocenters. The van der Waals surface area contributed by atoms with E-state index in [2.05, 4.69) is 20.8 Å². The van der Waals surface area contributed by atoms with Crippen LogP contribution in [0.3, 0.4) is 0 Å². The molecule has 96 valence electrons. The van der Waals surface area contributed by atoms with E-state index in [-0.39, 0.29) is 6.10 Å². The third-order valence-electron chi connectivity index (χ3n) is 2.79. The lowest BCUT2D eigenvalue weighted by Crippen LogP contribution is -2.27. The third-order valence-corrected chi connectivity index (χ3v) is 2.79. The maximum absolute atomic E-state index is 5.30. The lowest BCUT2D eigenvalue weighted by atomic mass is 10.3. The highest BCUT2D eigenvalue weighted by atomic mass is 16.5. The molecular formula is C10H19N5O2. The molecule has 7 nitrogen and oxygen atoms in total. The predicted molar refractivity (Wildman–Crippen MR) is 60.4 cm³/mol. The molecule has 17 heavy (non-hydrogen) atoms. The van der Waals surface area contributed by atoms with Gasteiger partial charge in [-0.1, -0.05) is 0 Å². The van der Waals surface area contributed by atoms with E-state index in [1.54, 1.807) is 18.9 Å². The minimum atomic E-state index is -0.0248. The van der Waals surface area contributed by atoms with Gasteiger partial charge in [0, 0.05) is 20.3 Å². The average molecular weight is 241 g/mol. The lowest BCUT2D eigenvalue weighted by Gasteiger charge is -2.14. The van der Waals surface area contributed by atoms with Gasteiger partial charge in [0.2, 0.25) is 0 Å². The molecule has 0 radical (unpaired) electrons. The second-order valence-corrected chi connectivity index (χ2v) is 4.25. The second-order valence-electron chi connectivity index (χ2n) is 4.25. The number of nitrogens with zero attached hydrogens (tertiary/aromatic N) is 4. The molecule has 1 heterocycles. The fraction of sp³-hybridized carbons (Fsp3) is 0.900. The number of hydrogen-bond acceptors (Lipinski definition) is 6. The van der Waals surface area contributed by atoms with Gasteiger partial charge in [-0.25, -0.2) is 4.68 Å². The van der Waals surface area contributed by atoms with Crippen LogP contribution in [0, 0.1) is 0 Å². The van der Waals surface area contributed by atoms with E-state index in [1.807, 2.05) is 0 Å². The molecule has 0 aromatic carbocycles. The van der Waals surface area contributed by atoms with Crippen LogP contribution in [0.1, 0.15) is 18.7 Å². The van der Waals surface area contributed by atoms with E-state index in [0.29, 0.717) is 25.7 Å². The quantitative estimate of drug-likeness (QED) is 0.666. The molecule has 1 saturated carbocycles. The van der Waals surface area contributed by atoms with Crippen molar-refractivity contribution in [3.8, 4) is 0 Å². The number of nitrogens with one attached hydrogen (secondary N) is 1. The van der Waals surface area contributed by atoms with E-state index in [1.165, 1.54) is 12.8 Å². The van der Waals surface area contributed by atoms with Crippen LogP contribution < -0.4 is 5.32 Å². The van der Waals surface area contributed by atoms with Gasteiger partial charge < -0.3 is 14.8 Å². The van der Waals surface area contributed by atoms with Crippen molar-refractivity contribution in [1.82, 2.24) is 25.5 Å². The summed E-state index contributed by atoms with van der Waals surface area (Å²) in [6.45, 7) is 1.85. The SMILES string of the molecule is COCC(Cn1nnnc1CNC1CC1)OC. The summed E-state index contributed by atoms with van der Waals surface area (Å²) in [6, 6.07) is 0.650. The van der Waals surface area contributed by atoms with Gasteiger partial charge in [-0.3, -0.25) is 0 Å². The van der Waals surface area contributed by atoms with Crippen molar-refractivity contribution < 1.29 is 9.47 Å². The normalized spacial score (nSPS) is 17.3. The fourth-order valence-electron chi connectivity index (χ4n) is 1.59. The molecule has 2 rings (SSSR count). The van der Waals surface area contributed by atoms with Crippen molar-refractivity contribution in [2.45, 2.75) is 38.1 Å². The highest BCUT2D eigenvalue weighted by molar-refractivity contribution is 4.87. The molecular weight excluding hydrogens is 222 g/mol. The molecule has 7 heteroatoms. The molecule has 1 aliphatic carbocycles. The average Bonchev–Trinajstić information content (AvgIpc) is 3.07. The Labute approximate surface area is 100 Å². The van der Waals surface area contributed by atoms with E-state index < -0.39 is 0 Å². The van der Waals surface area contributed by atoms with E-state index in [0.717, 1.165) is 5.82 Å². The zero-order chi connectivity index (χ0) is 12.1. The smallest absolute Gasteiger partial charge is 0.165 e. The van der Waals surface area contributed by atoms with Crippen LogP contribution in [0.2, 0.25) is 0 Å². The van der Waals surface area contributed by atoms with Crippen LogP contribution in [0.25, 0.3) is 0 Å². The van der Waals surface area contributed by atoms with Crippen molar-refractivity contribution in [2.24, 2.45) is 0 Å². The molecule has 1 aromatic heterocycles. The van der Waals surface area contributed by atoms with Crippen molar-refractivity contribution in [3.63, 3.8) is 0 Å². The van der Waals surface area contributed by atoms with Crippen LogP contribution in [-0.4, -0.2) is 53.2 Å². The Balaban J connectivity index is 1.87. The molecule has 0 bridgehead atoms. The predicted octanol–water partition coefficient (Wildman–Crippen LogP) is -0.413. The van der Waals surface area contributed by atoms with Crippen molar-refractivity contribution in [3.05, 3.63) is 5.82 Å². The summed E-state index contributed by atoms with van der Waals surface area (Å²) in [4.78, 5) is 0. The Morgan fingerprint density at radius 3 is 2.94 bits per heavy atom. The number of ether oxygens (including phenoxy) is 2. The number of rotatable bonds is 8. The number of tetrazole rings is 1. The van der Waals surface area contributed by atoms with Crippen LogP contribution in [0.5, 0.6) is 0 Å². The first-order valence-electron chi connectivity index (χ1n) is 5.83. The van der Waals surface area contributed by atoms with Crippen LogP contribution in [0.4, 0.5) is 0 Å². The van der Waals surface area contributed by atoms with Gasteiger partial charge in [-0.05, 0) is 23.3 Å². The Bertz CT molecular complexity index is 339. The molecule has 1 N–H and O–H groups in total. The fourth-order valence-corrected chi connectivity index (χ4v) is 1.59. The minimum absolute atomic E-state index is 0.0248. The van der Waals surface area contributed by atoms with E-state index >= 15 is 0 Å². The summed E-state index contributed by atoms with van der Waals surface area (Å²) >= 11 is 0. The van der Waals surface area contributed by atoms with Gasteiger partial charge in [-0.2, -0.15) is 0 Å². The minimum Gasteiger partial charge on any atom is -0.382 e. The van der Waals surface area contributed by atoms with E-state index in [9.17, 15) is 0 Å². The van der Waals surface area contributed by atoms with Crippen molar-refractivity contribution >= 4 is 0 Å². The molecule has 0 saturated heterocycles. The van der Waals surface area contributed by atoms with Gasteiger partial charge >= 0.3 is 0 Å². The summed E-state index contributed by atoms with van der Waals surface area (Å²) in [5, 5.41) is 15.1. The molecule has 0 spiro atoms. The highest BCUT2D eigenvalue weighted by Crippen LogP contribution is 2.18. The van der Waals surface area contributed by atoms with Crippen molar-refractivity contribution in [1.29, 1.82) is 0 Å². The zero-order valence-corrected chi connectivity index (χ0v) is 10.3. The molecule has 1 unspecified atom stereocenters. The first-order valence-corrected chi connectivity index (χ1v) is 5.83. The van der Waals surface area contributed by atoms with Gasteiger partial charge in [-0.15, -0.1) is 5.10 Å². The number of aromatic nitrogens is 4. The molecule has 0 aliphatic heterocycles. The largest absolute Gasteiger partial charge is 0.382 e. The number of methoxy groups -OCH3 is 2. The van der Waals surface area contributed by atoms with Crippen LogP contribution in [0.15, 0.2) is 0 Å². The summed E-state index contributed by atoms with van der Waals surface area (Å²) < 4.78 is 12.1. The Morgan fingerprint density at radius 1 is 1.47 bits per heavy atom. The van der Waals surface area contributed by atoms with E-state index in [4.69, 9.17) is 9.47 Å². The Morgan fingerprint density at radius 2 is 2.29 bits per heavy atom. The van der Waals surface area contributed by atoms with Gasteiger partial charge in [0.15, 0.2) is 5.82 Å². The maximum atomic E-state index is 5.30. The Kier molecular flexibility index (Phi) is 4.41. The first-order chi connectivity index (χ1) is 8.33. The summed E-state index contributed by atoms with van der Waals surface area (Å²) in [5.41, 5.74) is 0. The van der Waals surface area contributed by atoms with Gasteiger partial charge in [0.25, 0.3) is 0 Å². The maximum Gasteiger partial charge on any atom is 0.165 e. The molecule has 1 aromatic rings. The van der Waals surface area contributed by atoms with Crippen LogP contribution in [-0.2, 0) is 22.6 Å². The standard InChI is InChI=1S/C10H19N5O2/c1-16-7-9(17-2)6-15-10(12-13-14-15)5-11-8-3-4-8/h8-9,11H,3-7H2,1-2H3. The topological polar surface area (TPSA) is 74.1 Å². The Hall–Kier alpha value is -1.05.